The lowest BCUT2D eigenvalue weighted by Crippen LogP contribution is -2.02. The fourth-order valence-corrected chi connectivity index (χ4v) is 2.59. The molecule has 0 fully saturated rings. The van der Waals surface area contributed by atoms with Gasteiger partial charge in [-0.05, 0) is 48.4 Å². The summed E-state index contributed by atoms with van der Waals surface area (Å²) in [5.41, 5.74) is 3.45. The van der Waals surface area contributed by atoms with Gasteiger partial charge in [0.15, 0.2) is 11.5 Å². The van der Waals surface area contributed by atoms with Gasteiger partial charge in [-0.1, -0.05) is 34.7 Å². The monoisotopic (exact) mass is 361 g/mol. The van der Waals surface area contributed by atoms with Gasteiger partial charge in [0, 0.05) is 16.7 Å². The summed E-state index contributed by atoms with van der Waals surface area (Å²) in [5, 5.41) is 3.44. The number of ether oxygens (including phenoxy) is 2. The van der Waals surface area contributed by atoms with E-state index in [0.29, 0.717) is 6.61 Å². The molecule has 1 N–H and O–H groups in total. The van der Waals surface area contributed by atoms with Crippen LogP contribution in [0.4, 0.5) is 5.69 Å². The number of hydrogen-bond acceptors (Lipinski definition) is 3. The van der Waals surface area contributed by atoms with E-state index in [-0.39, 0.29) is 0 Å². The van der Waals surface area contributed by atoms with Gasteiger partial charge in [0.2, 0.25) is 0 Å². The highest BCUT2D eigenvalue weighted by Gasteiger charge is 2.06. The summed E-state index contributed by atoms with van der Waals surface area (Å²) in [6, 6.07) is 12.1. The van der Waals surface area contributed by atoms with Crippen molar-refractivity contribution in [3.05, 3.63) is 64.7 Å². The zero-order valence-corrected chi connectivity index (χ0v) is 14.4. The Balaban J connectivity index is 2.08. The van der Waals surface area contributed by atoms with Gasteiger partial charge in [-0.3, -0.25) is 0 Å². The van der Waals surface area contributed by atoms with Gasteiger partial charge in [0.25, 0.3) is 0 Å². The first kappa shape index (κ1) is 16.4. The molecule has 0 amide bonds. The molecule has 0 atom stereocenters. The van der Waals surface area contributed by atoms with Gasteiger partial charge in [-0.25, -0.2) is 0 Å². The standard InChI is InChI=1S/C18H20BrNO2/c1-4-9-22-17-8-5-14(11-18(17)21-3)12-20-16-7-6-15(19)10-13(16)2/h4-8,10-11,20H,1,9,12H2,2-3H3. The molecule has 0 aliphatic heterocycles. The molecule has 2 aromatic carbocycles. The number of halogens is 1. The maximum absolute atomic E-state index is 5.56. The zero-order valence-electron chi connectivity index (χ0n) is 12.9. The Kier molecular flexibility index (Phi) is 5.90. The smallest absolute Gasteiger partial charge is 0.161 e. The van der Waals surface area contributed by atoms with Crippen molar-refractivity contribution in [1.82, 2.24) is 0 Å². The predicted molar refractivity (Wildman–Crippen MR) is 94.9 cm³/mol. The first-order chi connectivity index (χ1) is 10.6. The summed E-state index contributed by atoms with van der Waals surface area (Å²) in [7, 11) is 1.65. The van der Waals surface area contributed by atoms with Gasteiger partial charge >= 0.3 is 0 Å². The summed E-state index contributed by atoms with van der Waals surface area (Å²) in [4.78, 5) is 0. The van der Waals surface area contributed by atoms with E-state index >= 15 is 0 Å². The first-order valence-electron chi connectivity index (χ1n) is 7.04. The number of nitrogens with one attached hydrogen (secondary N) is 1. The summed E-state index contributed by atoms with van der Waals surface area (Å²) in [6.07, 6.45) is 1.71. The Bertz CT molecular complexity index is 656. The van der Waals surface area contributed by atoms with E-state index < -0.39 is 0 Å². The van der Waals surface area contributed by atoms with Crippen LogP contribution in [0.3, 0.4) is 0 Å². The van der Waals surface area contributed by atoms with Gasteiger partial charge in [-0.15, -0.1) is 0 Å². The average molecular weight is 362 g/mol. The molecule has 0 unspecified atom stereocenters. The lowest BCUT2D eigenvalue weighted by atomic mass is 10.1. The SMILES string of the molecule is C=CCOc1ccc(CNc2ccc(Br)cc2C)cc1OC. The van der Waals surface area contributed by atoms with Crippen LogP contribution in [-0.4, -0.2) is 13.7 Å². The molecule has 0 radical (unpaired) electrons. The Morgan fingerprint density at radius 3 is 2.68 bits per heavy atom. The molecule has 0 bridgehead atoms. The molecule has 4 heteroatoms. The Morgan fingerprint density at radius 2 is 2.00 bits per heavy atom. The second-order valence-corrected chi connectivity index (χ2v) is 5.81. The number of benzene rings is 2. The highest BCUT2D eigenvalue weighted by molar-refractivity contribution is 9.10. The Morgan fingerprint density at radius 1 is 1.18 bits per heavy atom. The lowest BCUT2D eigenvalue weighted by molar-refractivity contribution is 0.326. The van der Waals surface area contributed by atoms with Crippen molar-refractivity contribution < 1.29 is 9.47 Å². The van der Waals surface area contributed by atoms with Crippen LogP contribution < -0.4 is 14.8 Å². The van der Waals surface area contributed by atoms with Crippen LogP contribution in [0.2, 0.25) is 0 Å². The highest BCUT2D eigenvalue weighted by Crippen LogP contribution is 2.28. The quantitative estimate of drug-likeness (QED) is 0.708. The van der Waals surface area contributed by atoms with Crippen LogP contribution in [0.25, 0.3) is 0 Å². The van der Waals surface area contributed by atoms with E-state index in [9.17, 15) is 0 Å². The molecule has 3 nitrogen and oxygen atoms in total. The molecule has 2 rings (SSSR count). The molecule has 0 spiro atoms. The fraction of sp³-hybridized carbons (Fsp3) is 0.222. The van der Waals surface area contributed by atoms with Crippen molar-refractivity contribution in [2.75, 3.05) is 19.0 Å². The minimum atomic E-state index is 0.464. The number of methoxy groups -OCH3 is 1. The topological polar surface area (TPSA) is 30.5 Å². The number of aryl methyl sites for hydroxylation is 1. The molecule has 0 heterocycles. The zero-order chi connectivity index (χ0) is 15.9. The van der Waals surface area contributed by atoms with Gasteiger partial charge in [-0.2, -0.15) is 0 Å². The lowest BCUT2D eigenvalue weighted by Gasteiger charge is -2.13. The fourth-order valence-electron chi connectivity index (χ4n) is 2.11. The Labute approximate surface area is 140 Å². The van der Waals surface area contributed by atoms with E-state index in [1.807, 2.05) is 24.3 Å². The van der Waals surface area contributed by atoms with E-state index in [1.165, 1.54) is 5.56 Å². The summed E-state index contributed by atoms with van der Waals surface area (Å²) >= 11 is 3.47. The van der Waals surface area contributed by atoms with Crippen molar-refractivity contribution in [2.24, 2.45) is 0 Å². The third kappa shape index (κ3) is 4.28. The number of anilines is 1. The molecule has 0 aliphatic carbocycles. The predicted octanol–water partition coefficient (Wildman–Crippen LogP) is 4.94. The largest absolute Gasteiger partial charge is 0.493 e. The van der Waals surface area contributed by atoms with E-state index in [0.717, 1.165) is 33.8 Å². The first-order valence-corrected chi connectivity index (χ1v) is 7.84. The number of rotatable bonds is 7. The third-order valence-corrected chi connectivity index (χ3v) is 3.75. The highest BCUT2D eigenvalue weighted by atomic mass is 79.9. The van der Waals surface area contributed by atoms with Gasteiger partial charge < -0.3 is 14.8 Å². The second kappa shape index (κ2) is 7.90. The van der Waals surface area contributed by atoms with Crippen LogP contribution in [0.5, 0.6) is 11.5 Å². The van der Waals surface area contributed by atoms with Crippen molar-refractivity contribution in [3.8, 4) is 11.5 Å². The van der Waals surface area contributed by atoms with Crippen molar-refractivity contribution in [3.63, 3.8) is 0 Å². The normalized spacial score (nSPS) is 10.1. The molecule has 0 saturated carbocycles. The summed E-state index contributed by atoms with van der Waals surface area (Å²) < 4.78 is 12.0. The number of hydrogen-bond donors (Lipinski definition) is 1. The van der Waals surface area contributed by atoms with Crippen LogP contribution in [0, 0.1) is 6.92 Å². The summed E-state index contributed by atoms with van der Waals surface area (Å²) in [6.45, 7) is 6.92. The molecule has 0 saturated heterocycles. The molecule has 2 aromatic rings. The molecule has 116 valence electrons. The van der Waals surface area contributed by atoms with Crippen LogP contribution >= 0.6 is 15.9 Å². The molecule has 22 heavy (non-hydrogen) atoms. The maximum Gasteiger partial charge on any atom is 0.161 e. The van der Waals surface area contributed by atoms with Crippen LogP contribution in [-0.2, 0) is 6.54 Å². The minimum absolute atomic E-state index is 0.464. The molecule has 0 aliphatic rings. The molecular formula is C18H20BrNO2. The van der Waals surface area contributed by atoms with E-state index in [4.69, 9.17) is 9.47 Å². The average Bonchev–Trinajstić information content (AvgIpc) is 2.52. The maximum atomic E-state index is 5.56. The Hall–Kier alpha value is -1.94. The summed E-state index contributed by atoms with van der Waals surface area (Å²) in [5.74, 6) is 1.46. The second-order valence-electron chi connectivity index (χ2n) is 4.90. The van der Waals surface area contributed by atoms with Gasteiger partial charge in [0.05, 0.1) is 7.11 Å². The van der Waals surface area contributed by atoms with Crippen LogP contribution in [0.1, 0.15) is 11.1 Å². The molecule has 0 aromatic heterocycles. The van der Waals surface area contributed by atoms with Crippen molar-refractivity contribution >= 4 is 21.6 Å². The van der Waals surface area contributed by atoms with Crippen molar-refractivity contribution in [1.29, 1.82) is 0 Å². The van der Waals surface area contributed by atoms with Crippen LogP contribution in [0.15, 0.2) is 53.5 Å². The van der Waals surface area contributed by atoms with E-state index in [1.54, 1.807) is 13.2 Å². The van der Waals surface area contributed by atoms with Crippen molar-refractivity contribution in [2.45, 2.75) is 13.5 Å². The third-order valence-electron chi connectivity index (χ3n) is 3.26. The molecular weight excluding hydrogens is 342 g/mol. The minimum Gasteiger partial charge on any atom is -0.493 e. The van der Waals surface area contributed by atoms with E-state index in [2.05, 4.69) is 46.9 Å². The van der Waals surface area contributed by atoms with Gasteiger partial charge in [0.1, 0.15) is 6.61 Å².